The minimum absolute atomic E-state index is 0.0867. The fourth-order valence-corrected chi connectivity index (χ4v) is 4.92. The van der Waals surface area contributed by atoms with Crippen LogP contribution in [0.15, 0.2) is 89.9 Å². The number of halogens is 6. The quantitative estimate of drug-likeness (QED) is 0.0319. The predicted molar refractivity (Wildman–Crippen MR) is 222 cm³/mol. The Kier molecular flexibility index (Phi) is 26.0. The highest BCUT2D eigenvalue weighted by atomic mass is 19.4. The summed E-state index contributed by atoms with van der Waals surface area (Å²) in [5.41, 5.74) is 19.7. The van der Waals surface area contributed by atoms with Crippen molar-refractivity contribution in [3.63, 3.8) is 0 Å². The number of nitrogens with one attached hydrogen (secondary N) is 5. The van der Waals surface area contributed by atoms with Gasteiger partial charge in [0, 0.05) is 32.7 Å². The number of carboxylic acids is 2. The summed E-state index contributed by atoms with van der Waals surface area (Å²) in [6, 6.07) is 24.0. The second-order valence-corrected chi connectivity index (χ2v) is 13.0. The van der Waals surface area contributed by atoms with Crippen LogP contribution in [0.3, 0.4) is 0 Å². The van der Waals surface area contributed by atoms with Crippen molar-refractivity contribution in [3.8, 4) is 0 Å². The second-order valence-electron chi connectivity index (χ2n) is 13.0. The summed E-state index contributed by atoms with van der Waals surface area (Å²) in [4.78, 5) is 72.6. The van der Waals surface area contributed by atoms with E-state index in [2.05, 4.69) is 31.6 Å². The molecule has 3 aromatic rings. The monoisotopic (exact) mass is 931 g/mol. The molecule has 0 radical (unpaired) electrons. The van der Waals surface area contributed by atoms with Crippen molar-refractivity contribution in [3.05, 3.63) is 107 Å². The number of ether oxygens (including phenoxy) is 2. The number of benzene rings is 3. The van der Waals surface area contributed by atoms with Crippen LogP contribution >= 0.6 is 0 Å². The summed E-state index contributed by atoms with van der Waals surface area (Å²) in [7, 11) is 0. The van der Waals surface area contributed by atoms with Gasteiger partial charge in [0.1, 0.15) is 6.04 Å². The van der Waals surface area contributed by atoms with E-state index in [0.29, 0.717) is 39.4 Å². The number of alkyl halides is 6. The molecule has 0 saturated carbocycles. The van der Waals surface area contributed by atoms with Crippen LogP contribution in [0.2, 0.25) is 0 Å². The molecule has 65 heavy (non-hydrogen) atoms. The first-order valence-electron chi connectivity index (χ1n) is 19.2. The van der Waals surface area contributed by atoms with E-state index in [-0.39, 0.29) is 50.4 Å². The van der Waals surface area contributed by atoms with Crippen LogP contribution in [0, 0.1) is 0 Å². The molecular formula is C40H51F6N9O10. The largest absolute Gasteiger partial charge is 0.490 e. The molecule has 0 fully saturated rings. The lowest BCUT2D eigenvalue weighted by atomic mass is 9.90. The number of aliphatic carboxylic acids is 2. The molecule has 3 rings (SSSR count). The minimum Gasteiger partial charge on any atom is -0.475 e. The van der Waals surface area contributed by atoms with Crippen LogP contribution < -0.4 is 43.8 Å². The standard InChI is InChI=1S/C36H49N9O6.2C2HF3O2/c37-17-20-50-22-23-51-21-19-41-36(49)45-34(38)40-18-7-12-30(32(46)42-24-26-13-15-27(16-14-26)25-43-35(39)48)44-33(47)31(28-8-3-1-4-9-28)29-10-5-2-6-11-29;2*3-2(4,5)1(6)7/h1-6,8-11,13-16,30-31H,7,12,17-25,37H2,(H,42,46)(H,44,47)(H3,39,43,48)(H4,38,40,41,45,49);2*(H,6,7)/t30-;;/m0../s1. The van der Waals surface area contributed by atoms with Gasteiger partial charge in [0.2, 0.25) is 11.8 Å². The molecule has 0 heterocycles. The summed E-state index contributed by atoms with van der Waals surface area (Å²) in [5.74, 6) is -6.94. The van der Waals surface area contributed by atoms with Crippen LogP contribution in [0.1, 0.15) is 41.0 Å². The number of primary amides is 1. The van der Waals surface area contributed by atoms with Crippen molar-refractivity contribution in [1.29, 1.82) is 0 Å². The molecule has 0 saturated heterocycles. The average molecular weight is 932 g/mol. The highest BCUT2D eigenvalue weighted by Gasteiger charge is 2.39. The number of hydrogen-bond acceptors (Lipinski definition) is 10. The molecule has 0 unspecified atom stereocenters. The summed E-state index contributed by atoms with van der Waals surface area (Å²) in [5, 5.41) is 27.7. The highest BCUT2D eigenvalue weighted by molar-refractivity contribution is 5.95. The van der Waals surface area contributed by atoms with E-state index in [0.717, 1.165) is 22.3 Å². The topological polar surface area (TPSA) is 312 Å². The zero-order valence-corrected chi connectivity index (χ0v) is 34.6. The van der Waals surface area contributed by atoms with Crippen molar-refractivity contribution < 1.29 is 74.8 Å². The molecule has 19 nitrogen and oxygen atoms in total. The van der Waals surface area contributed by atoms with Crippen LogP contribution in [-0.2, 0) is 41.7 Å². The first-order chi connectivity index (χ1) is 30.6. The van der Waals surface area contributed by atoms with E-state index < -0.39 is 48.3 Å². The molecule has 0 spiro atoms. The van der Waals surface area contributed by atoms with Crippen LogP contribution in [-0.4, -0.2) is 116 Å². The number of amides is 6. The number of carboxylic acid groups (broad SMARTS) is 2. The Morgan fingerprint density at radius 3 is 1.55 bits per heavy atom. The van der Waals surface area contributed by atoms with Gasteiger partial charge >= 0.3 is 36.4 Å². The summed E-state index contributed by atoms with van der Waals surface area (Å²) in [6.07, 6.45) is -9.54. The fraction of sp³-hybridized carbons (Fsp3) is 0.375. The van der Waals surface area contributed by atoms with Gasteiger partial charge in [-0.1, -0.05) is 84.9 Å². The van der Waals surface area contributed by atoms with E-state index in [1.807, 2.05) is 84.9 Å². The van der Waals surface area contributed by atoms with E-state index in [9.17, 15) is 45.5 Å². The number of carbonyl (C=O) groups excluding carboxylic acids is 4. The lowest BCUT2D eigenvalue weighted by Crippen LogP contribution is -2.48. The molecular weight excluding hydrogens is 880 g/mol. The third-order valence-corrected chi connectivity index (χ3v) is 7.94. The molecule has 6 amide bonds. The SMILES string of the molecule is NCCOCCOCCNC(=O)NC(N)=NCCC[C@H](NC(=O)C(c1ccccc1)c1ccccc1)C(=O)NCc1ccc(CNC(N)=O)cc1.O=C(O)C(F)(F)F.O=C(O)C(F)(F)F. The maximum atomic E-state index is 13.9. The first-order valence-corrected chi connectivity index (χ1v) is 19.2. The predicted octanol–water partition coefficient (Wildman–Crippen LogP) is 2.44. The molecule has 0 aliphatic rings. The van der Waals surface area contributed by atoms with Crippen LogP contribution in [0.25, 0.3) is 0 Å². The molecule has 0 aromatic heterocycles. The van der Waals surface area contributed by atoms with Gasteiger partial charge in [0.25, 0.3) is 0 Å². The summed E-state index contributed by atoms with van der Waals surface area (Å²) >= 11 is 0. The second kappa shape index (κ2) is 30.2. The van der Waals surface area contributed by atoms with Gasteiger partial charge in [-0.3, -0.25) is 19.9 Å². The Morgan fingerprint density at radius 2 is 1.11 bits per heavy atom. The number of carbonyl (C=O) groups is 6. The Hall–Kier alpha value is -6.99. The Bertz CT molecular complexity index is 1880. The molecule has 0 aliphatic carbocycles. The van der Waals surface area contributed by atoms with Crippen LogP contribution in [0.4, 0.5) is 35.9 Å². The van der Waals surface area contributed by atoms with Crippen molar-refractivity contribution in [1.82, 2.24) is 26.6 Å². The van der Waals surface area contributed by atoms with Crippen molar-refractivity contribution in [2.75, 3.05) is 46.1 Å². The van der Waals surface area contributed by atoms with E-state index in [1.54, 1.807) is 0 Å². The molecule has 3 aromatic carbocycles. The molecule has 358 valence electrons. The van der Waals surface area contributed by atoms with Gasteiger partial charge in [-0.25, -0.2) is 19.2 Å². The minimum atomic E-state index is -5.08. The number of nitrogens with zero attached hydrogens (tertiary/aromatic N) is 1. The number of urea groups is 2. The average Bonchev–Trinajstić information content (AvgIpc) is 3.25. The number of guanidine groups is 1. The maximum absolute atomic E-state index is 13.9. The Labute approximate surface area is 368 Å². The Morgan fingerprint density at radius 1 is 0.646 bits per heavy atom. The molecule has 25 heteroatoms. The normalized spacial score (nSPS) is 11.7. The molecule has 0 aliphatic heterocycles. The molecule has 0 bridgehead atoms. The number of hydrogen-bond donors (Lipinski definition) is 10. The lowest BCUT2D eigenvalue weighted by molar-refractivity contribution is -0.193. The van der Waals surface area contributed by atoms with Crippen LogP contribution in [0.5, 0.6) is 0 Å². The highest BCUT2D eigenvalue weighted by Crippen LogP contribution is 2.25. The van der Waals surface area contributed by atoms with Gasteiger partial charge in [0.15, 0.2) is 5.96 Å². The third kappa shape index (κ3) is 25.7. The van der Waals surface area contributed by atoms with Gasteiger partial charge in [-0.2, -0.15) is 26.3 Å². The zero-order chi connectivity index (χ0) is 48.8. The van der Waals surface area contributed by atoms with E-state index >= 15 is 0 Å². The number of aliphatic imine (C=N–C) groups is 1. The Balaban J connectivity index is 0.00000130. The van der Waals surface area contributed by atoms with Crippen molar-refractivity contribution >= 4 is 41.8 Å². The van der Waals surface area contributed by atoms with Crippen molar-refractivity contribution in [2.45, 2.75) is 50.2 Å². The lowest BCUT2D eigenvalue weighted by Gasteiger charge is -2.23. The summed E-state index contributed by atoms with van der Waals surface area (Å²) < 4.78 is 74.0. The molecule has 1 atom stereocenters. The van der Waals surface area contributed by atoms with Gasteiger partial charge < -0.3 is 58.2 Å². The number of nitrogens with two attached hydrogens (primary N) is 3. The van der Waals surface area contributed by atoms with Crippen molar-refractivity contribution in [2.24, 2.45) is 22.2 Å². The zero-order valence-electron chi connectivity index (χ0n) is 34.6. The smallest absolute Gasteiger partial charge is 0.475 e. The van der Waals surface area contributed by atoms with Gasteiger partial charge in [0.05, 0.1) is 32.3 Å². The maximum Gasteiger partial charge on any atom is 0.490 e. The third-order valence-electron chi connectivity index (χ3n) is 7.94. The van der Waals surface area contributed by atoms with Gasteiger partial charge in [-0.15, -0.1) is 0 Å². The van der Waals surface area contributed by atoms with E-state index in [1.165, 1.54) is 0 Å². The molecule has 13 N–H and O–H groups in total. The number of rotatable bonds is 21. The first kappa shape index (κ1) is 56.0. The summed E-state index contributed by atoms with van der Waals surface area (Å²) in [6.45, 7) is 2.96. The fourth-order valence-electron chi connectivity index (χ4n) is 4.92. The van der Waals surface area contributed by atoms with Gasteiger partial charge in [-0.05, 0) is 35.1 Å². The van der Waals surface area contributed by atoms with E-state index in [4.69, 9.17) is 46.5 Å².